The summed E-state index contributed by atoms with van der Waals surface area (Å²) < 4.78 is 68.7. The summed E-state index contributed by atoms with van der Waals surface area (Å²) in [5.74, 6) is -2.22. The Morgan fingerprint density at radius 1 is 0.269 bits per heavy atom. The van der Waals surface area contributed by atoms with Gasteiger partial charge in [-0.2, -0.15) is 0 Å². The molecule has 0 aliphatic carbocycles. The molecule has 104 heavy (non-hydrogen) atoms. The number of unbranched alkanes of at least 4 members (excludes halogenated alkanes) is 42. The predicted octanol–water partition coefficient (Wildman–Crippen LogP) is 24.8. The number of aliphatic hydroxyl groups is 1. The molecule has 0 aromatic heterocycles. The van der Waals surface area contributed by atoms with Crippen molar-refractivity contribution in [2.45, 2.75) is 406 Å². The van der Waals surface area contributed by atoms with Crippen molar-refractivity contribution in [1.82, 2.24) is 0 Å². The van der Waals surface area contributed by atoms with Gasteiger partial charge in [-0.15, -0.1) is 0 Å². The van der Waals surface area contributed by atoms with Crippen LogP contribution in [0.4, 0.5) is 0 Å². The Morgan fingerprint density at radius 2 is 0.481 bits per heavy atom. The second-order valence-corrected chi connectivity index (χ2v) is 31.3. The van der Waals surface area contributed by atoms with E-state index in [2.05, 4.69) is 88.5 Å². The van der Waals surface area contributed by atoms with E-state index in [-0.39, 0.29) is 25.7 Å². The smallest absolute Gasteiger partial charge is 0.462 e. The van der Waals surface area contributed by atoms with Gasteiger partial charge in [0, 0.05) is 25.7 Å². The largest absolute Gasteiger partial charge is 0.472 e. The number of allylic oxidation sites excluding steroid dienone is 12. The van der Waals surface area contributed by atoms with Gasteiger partial charge in [0.2, 0.25) is 0 Å². The van der Waals surface area contributed by atoms with Crippen molar-refractivity contribution in [3.63, 3.8) is 0 Å². The molecule has 0 aliphatic heterocycles. The number of esters is 4. The van der Waals surface area contributed by atoms with Gasteiger partial charge >= 0.3 is 39.5 Å². The number of carbonyl (C=O) groups excluding carboxylic acids is 4. The van der Waals surface area contributed by atoms with E-state index in [1.807, 2.05) is 12.2 Å². The molecule has 0 rings (SSSR count). The number of hydrogen-bond donors (Lipinski definition) is 3. The Bertz CT molecular complexity index is 2250. The molecule has 5 atom stereocenters. The maximum Gasteiger partial charge on any atom is 0.472 e. The maximum atomic E-state index is 13.1. The zero-order valence-corrected chi connectivity index (χ0v) is 68.2. The Hall–Kier alpha value is -3.50. The van der Waals surface area contributed by atoms with E-state index in [9.17, 15) is 43.2 Å². The maximum absolute atomic E-state index is 13.1. The Kier molecular flexibility index (Phi) is 75.0. The number of rotatable bonds is 80. The van der Waals surface area contributed by atoms with E-state index >= 15 is 0 Å². The average Bonchev–Trinajstić information content (AvgIpc) is 0.937. The van der Waals surface area contributed by atoms with Crippen LogP contribution in [0.2, 0.25) is 0 Å². The molecule has 0 aromatic rings. The van der Waals surface area contributed by atoms with Gasteiger partial charge in [0.15, 0.2) is 12.2 Å². The van der Waals surface area contributed by atoms with Crippen molar-refractivity contribution in [3.8, 4) is 0 Å². The van der Waals surface area contributed by atoms with Gasteiger partial charge < -0.3 is 33.8 Å². The van der Waals surface area contributed by atoms with Crippen LogP contribution >= 0.6 is 15.6 Å². The third-order valence-electron chi connectivity index (χ3n) is 18.1. The lowest BCUT2D eigenvalue weighted by molar-refractivity contribution is -0.161. The molecular weight excluding hydrogens is 1350 g/mol. The molecule has 0 aliphatic rings. The second kappa shape index (κ2) is 77.7. The van der Waals surface area contributed by atoms with Gasteiger partial charge in [0.05, 0.1) is 26.4 Å². The van der Waals surface area contributed by atoms with Gasteiger partial charge in [-0.25, -0.2) is 9.13 Å². The molecule has 19 heteroatoms. The predicted molar refractivity (Wildman–Crippen MR) is 427 cm³/mol. The molecule has 0 radical (unpaired) electrons. The van der Waals surface area contributed by atoms with Gasteiger partial charge in [0.1, 0.15) is 19.3 Å². The molecule has 0 saturated carbocycles. The molecule has 606 valence electrons. The zero-order chi connectivity index (χ0) is 76.0. The van der Waals surface area contributed by atoms with E-state index < -0.39 is 97.5 Å². The van der Waals surface area contributed by atoms with E-state index in [0.29, 0.717) is 32.1 Å². The molecule has 0 bridgehead atoms. The van der Waals surface area contributed by atoms with E-state index in [0.717, 1.165) is 122 Å². The van der Waals surface area contributed by atoms with Crippen LogP contribution in [0.1, 0.15) is 387 Å². The first-order chi connectivity index (χ1) is 50.7. The Balaban J connectivity index is 5.38. The van der Waals surface area contributed by atoms with E-state index in [4.69, 9.17) is 37.0 Å². The first kappa shape index (κ1) is 100. The van der Waals surface area contributed by atoms with Crippen molar-refractivity contribution in [1.29, 1.82) is 0 Å². The van der Waals surface area contributed by atoms with Crippen LogP contribution in [0.15, 0.2) is 72.9 Å². The standard InChI is InChI=1S/C85H154O17P2/c1-5-9-13-17-21-25-29-33-37-39-43-45-49-53-57-61-65-69-82(87)95-75-80(101-84(89)71-67-63-59-55-51-47-41-35-31-27-23-19-15-11-7-3)77-99-103(91,92)97-73-79(86)74-98-104(93,94)100-78-81(102-85(90)72-68-64-60-56-52-48-42-36-32-28-24-20-16-12-8-4)76-96-83(88)70-66-62-58-54-50-46-44-40-38-34-30-26-22-18-14-10-6-2/h21,25,33,35-37,41-43,45,53,57,79-81,86H,5-20,22-24,26-32,34,38-40,44,46-52,54-56,58-78H2,1-4H3,(H,91,92)(H,93,94)/b25-21-,37-33-,41-35-,42-36-,45-43-,57-53-/t79-,80-,81-/m1/s1. The Morgan fingerprint density at radius 3 is 0.788 bits per heavy atom. The van der Waals surface area contributed by atoms with Crippen LogP contribution in [-0.4, -0.2) is 96.7 Å². The fraction of sp³-hybridized carbons (Fsp3) is 0.812. The molecular formula is C85H154O17P2. The summed E-state index contributed by atoms with van der Waals surface area (Å²) in [5.41, 5.74) is 0. The molecule has 0 saturated heterocycles. The summed E-state index contributed by atoms with van der Waals surface area (Å²) in [6.07, 6.45) is 80.2. The third kappa shape index (κ3) is 76.7. The second-order valence-electron chi connectivity index (χ2n) is 28.4. The summed E-state index contributed by atoms with van der Waals surface area (Å²) in [7, 11) is -9.97. The first-order valence-electron chi connectivity index (χ1n) is 42.2. The van der Waals surface area contributed by atoms with Crippen LogP contribution in [-0.2, 0) is 65.4 Å². The summed E-state index contributed by atoms with van der Waals surface area (Å²) in [5, 5.41) is 10.7. The quantitative estimate of drug-likeness (QED) is 0.0169. The van der Waals surface area contributed by atoms with Gasteiger partial charge in [-0.3, -0.25) is 37.3 Å². The van der Waals surface area contributed by atoms with Crippen LogP contribution in [0.3, 0.4) is 0 Å². The monoisotopic (exact) mass is 1510 g/mol. The van der Waals surface area contributed by atoms with Crippen LogP contribution in [0.5, 0.6) is 0 Å². The zero-order valence-electron chi connectivity index (χ0n) is 66.5. The molecule has 0 fully saturated rings. The lowest BCUT2D eigenvalue weighted by Crippen LogP contribution is -2.30. The number of hydrogen-bond acceptors (Lipinski definition) is 15. The van der Waals surface area contributed by atoms with Crippen LogP contribution in [0.25, 0.3) is 0 Å². The minimum Gasteiger partial charge on any atom is -0.462 e. The Labute approximate surface area is 634 Å². The summed E-state index contributed by atoms with van der Waals surface area (Å²) in [6.45, 7) is 4.84. The summed E-state index contributed by atoms with van der Waals surface area (Å²) in [6, 6.07) is 0. The number of ether oxygens (including phenoxy) is 4. The molecule has 0 amide bonds. The molecule has 17 nitrogen and oxygen atoms in total. The number of phosphoric acid groups is 2. The summed E-state index contributed by atoms with van der Waals surface area (Å²) in [4.78, 5) is 73.1. The normalized spacial score (nSPS) is 14.2. The van der Waals surface area contributed by atoms with E-state index in [1.165, 1.54) is 180 Å². The van der Waals surface area contributed by atoms with Gasteiger partial charge in [-0.1, -0.05) is 319 Å². The van der Waals surface area contributed by atoms with Crippen molar-refractivity contribution in [2.24, 2.45) is 0 Å². The van der Waals surface area contributed by atoms with Crippen molar-refractivity contribution < 1.29 is 80.2 Å². The van der Waals surface area contributed by atoms with Crippen LogP contribution in [0, 0.1) is 0 Å². The number of aliphatic hydroxyl groups excluding tert-OH is 1. The molecule has 0 heterocycles. The highest BCUT2D eigenvalue weighted by molar-refractivity contribution is 7.47. The van der Waals surface area contributed by atoms with Crippen molar-refractivity contribution in [2.75, 3.05) is 39.6 Å². The number of phosphoric ester groups is 2. The van der Waals surface area contributed by atoms with Gasteiger partial charge in [0.25, 0.3) is 0 Å². The highest BCUT2D eigenvalue weighted by Crippen LogP contribution is 2.45. The highest BCUT2D eigenvalue weighted by atomic mass is 31.2. The molecule has 0 spiro atoms. The topological polar surface area (TPSA) is 237 Å². The fourth-order valence-corrected chi connectivity index (χ4v) is 13.3. The molecule has 2 unspecified atom stereocenters. The highest BCUT2D eigenvalue weighted by Gasteiger charge is 2.30. The lowest BCUT2D eigenvalue weighted by Gasteiger charge is -2.21. The van der Waals surface area contributed by atoms with Gasteiger partial charge in [-0.05, 0) is 116 Å². The minimum atomic E-state index is -4.99. The fourth-order valence-electron chi connectivity index (χ4n) is 11.7. The minimum absolute atomic E-state index is 0.0760. The number of carbonyl (C=O) groups is 4. The SMILES string of the molecule is CCCCC/C=C\C/C=C\C/C=C\C/C=C\CCCC(=O)OC[C@H](COP(=O)(O)OC[C@@H](O)COP(=O)(O)OC[C@@H](COC(=O)CCCCCCCCCCCCCCCCCCC)OC(=O)CCCCCCC/C=C\CCCCCCCC)OC(=O)CCCCCCC/C=C\CCCCCCCC. The lowest BCUT2D eigenvalue weighted by atomic mass is 10.0. The van der Waals surface area contributed by atoms with Crippen LogP contribution < -0.4 is 0 Å². The molecule has 3 N–H and O–H groups in total. The van der Waals surface area contributed by atoms with Crippen molar-refractivity contribution >= 4 is 39.5 Å². The average molecular weight is 1510 g/mol. The summed E-state index contributed by atoms with van der Waals surface area (Å²) >= 11 is 0. The van der Waals surface area contributed by atoms with Crippen molar-refractivity contribution in [3.05, 3.63) is 72.9 Å². The molecule has 0 aromatic carbocycles. The third-order valence-corrected chi connectivity index (χ3v) is 20.0. The van der Waals surface area contributed by atoms with E-state index in [1.54, 1.807) is 0 Å². The first-order valence-corrected chi connectivity index (χ1v) is 45.2.